The number of methoxy groups -OCH3 is 1. The van der Waals surface area contributed by atoms with Crippen molar-refractivity contribution in [2.75, 3.05) is 37.0 Å². The number of H-pyrrole nitrogens is 1. The molecule has 1 aliphatic rings. The maximum atomic E-state index is 10.9. The van der Waals surface area contributed by atoms with E-state index in [9.17, 15) is 4.79 Å². The van der Waals surface area contributed by atoms with Crippen molar-refractivity contribution in [1.29, 1.82) is 0 Å². The third-order valence-electron chi connectivity index (χ3n) is 4.44. The third kappa shape index (κ3) is 3.82. The molecule has 0 unspecified atom stereocenters. The fourth-order valence-electron chi connectivity index (χ4n) is 3.10. The van der Waals surface area contributed by atoms with Gasteiger partial charge in [-0.1, -0.05) is 0 Å². The number of aromatic amines is 1. The zero-order valence-electron chi connectivity index (χ0n) is 14.2. The second-order valence-electron chi connectivity index (χ2n) is 6.19. The summed E-state index contributed by atoms with van der Waals surface area (Å²) >= 11 is 3.60. The molecule has 9 heteroatoms. The van der Waals surface area contributed by atoms with E-state index in [0.717, 1.165) is 39.8 Å². The first kappa shape index (κ1) is 17.8. The Kier molecular flexibility index (Phi) is 5.33. The summed E-state index contributed by atoms with van der Waals surface area (Å²) in [5.41, 5.74) is 2.77. The van der Waals surface area contributed by atoms with Crippen LogP contribution in [0.15, 0.2) is 16.9 Å². The minimum atomic E-state index is -0.983. The first-order valence-corrected chi connectivity index (χ1v) is 8.95. The number of fused-ring (bicyclic) bond motifs is 1. The lowest BCUT2D eigenvalue weighted by Gasteiger charge is -2.22. The summed E-state index contributed by atoms with van der Waals surface area (Å²) in [6, 6.07) is -0.0727. The molecule has 0 bridgehead atoms. The van der Waals surface area contributed by atoms with Crippen molar-refractivity contribution in [3.8, 4) is 0 Å². The number of carboxylic acid groups (broad SMARTS) is 1. The van der Waals surface area contributed by atoms with Crippen LogP contribution < -0.4 is 15.5 Å². The number of hydrogen-bond acceptors (Lipinski definition) is 5. The van der Waals surface area contributed by atoms with E-state index in [0.29, 0.717) is 13.1 Å². The molecule has 3 rings (SSSR count). The number of nitrogens with zero attached hydrogens (tertiary/aromatic N) is 2. The lowest BCUT2D eigenvalue weighted by molar-refractivity contribution is 0.129. The SMILES string of the molecule is CO[C@@H](C)CNc1c[nH]c2ncc(Br)c(N3CC[C@@H](NC(=O)O)C3)c12. The summed E-state index contributed by atoms with van der Waals surface area (Å²) < 4.78 is 6.18. The molecule has 2 aromatic heterocycles. The van der Waals surface area contributed by atoms with E-state index in [2.05, 4.69) is 41.4 Å². The van der Waals surface area contributed by atoms with Crippen LogP contribution in [-0.2, 0) is 4.74 Å². The molecule has 3 heterocycles. The number of nitrogens with one attached hydrogen (secondary N) is 3. The van der Waals surface area contributed by atoms with Crippen LogP contribution in [0.1, 0.15) is 13.3 Å². The molecule has 4 N–H and O–H groups in total. The van der Waals surface area contributed by atoms with Gasteiger partial charge in [-0.2, -0.15) is 0 Å². The van der Waals surface area contributed by atoms with Gasteiger partial charge in [0.05, 0.1) is 33.4 Å². The van der Waals surface area contributed by atoms with Crippen LogP contribution in [0, 0.1) is 0 Å². The fourth-order valence-corrected chi connectivity index (χ4v) is 3.65. The molecule has 136 valence electrons. The van der Waals surface area contributed by atoms with Gasteiger partial charge in [-0.3, -0.25) is 0 Å². The zero-order chi connectivity index (χ0) is 18.0. The molecule has 0 aliphatic carbocycles. The second-order valence-corrected chi connectivity index (χ2v) is 7.04. The van der Waals surface area contributed by atoms with Gasteiger partial charge in [-0.05, 0) is 29.3 Å². The molecule has 2 aromatic rings. The van der Waals surface area contributed by atoms with Crippen LogP contribution in [0.5, 0.6) is 0 Å². The fraction of sp³-hybridized carbons (Fsp3) is 0.500. The molecule has 0 saturated carbocycles. The maximum absolute atomic E-state index is 10.9. The van der Waals surface area contributed by atoms with Crippen molar-refractivity contribution in [2.24, 2.45) is 0 Å². The van der Waals surface area contributed by atoms with Gasteiger partial charge in [-0.15, -0.1) is 0 Å². The Morgan fingerprint density at radius 2 is 2.44 bits per heavy atom. The minimum Gasteiger partial charge on any atom is -0.465 e. The summed E-state index contributed by atoms with van der Waals surface area (Å²) in [6.07, 6.45) is 3.55. The molecule has 1 fully saturated rings. The second kappa shape index (κ2) is 7.49. The first-order valence-electron chi connectivity index (χ1n) is 8.16. The number of ether oxygens (including phenoxy) is 1. The smallest absolute Gasteiger partial charge is 0.404 e. The standard InChI is InChI=1S/C16H22BrN5O3/c1-9(25-2)5-18-12-7-20-15-13(12)14(11(17)6-19-15)22-4-3-10(8-22)21-16(23)24/h6-7,9-10,18,21H,3-5,8H2,1-2H3,(H,19,20)(H,23,24)/t9-,10+/m0/s1. The van der Waals surface area contributed by atoms with Gasteiger partial charge in [0.15, 0.2) is 0 Å². The van der Waals surface area contributed by atoms with Crippen molar-refractivity contribution in [1.82, 2.24) is 15.3 Å². The number of anilines is 2. The van der Waals surface area contributed by atoms with Crippen LogP contribution in [0.4, 0.5) is 16.2 Å². The zero-order valence-corrected chi connectivity index (χ0v) is 15.8. The molecule has 0 radical (unpaired) electrons. The number of carbonyl (C=O) groups is 1. The highest BCUT2D eigenvalue weighted by Crippen LogP contribution is 2.39. The quantitative estimate of drug-likeness (QED) is 0.582. The predicted octanol–water partition coefficient (Wildman–Crippen LogP) is 2.62. The van der Waals surface area contributed by atoms with Crippen LogP contribution in [0.25, 0.3) is 11.0 Å². The molecule has 0 spiro atoms. The summed E-state index contributed by atoms with van der Waals surface area (Å²) in [6.45, 7) is 4.09. The van der Waals surface area contributed by atoms with Crippen molar-refractivity contribution in [3.63, 3.8) is 0 Å². The van der Waals surface area contributed by atoms with Crippen LogP contribution >= 0.6 is 15.9 Å². The number of hydrogen-bond donors (Lipinski definition) is 4. The van der Waals surface area contributed by atoms with E-state index in [1.54, 1.807) is 13.3 Å². The van der Waals surface area contributed by atoms with Gasteiger partial charge >= 0.3 is 6.09 Å². The van der Waals surface area contributed by atoms with Crippen molar-refractivity contribution in [2.45, 2.75) is 25.5 Å². The Labute approximate surface area is 154 Å². The molecule has 1 aliphatic heterocycles. The number of aromatic nitrogens is 2. The van der Waals surface area contributed by atoms with Crippen molar-refractivity contribution in [3.05, 3.63) is 16.9 Å². The monoisotopic (exact) mass is 411 g/mol. The van der Waals surface area contributed by atoms with Gasteiger partial charge in [0.2, 0.25) is 0 Å². The number of amides is 1. The Balaban J connectivity index is 1.90. The van der Waals surface area contributed by atoms with E-state index in [1.807, 2.05) is 13.1 Å². The molecule has 8 nitrogen and oxygen atoms in total. The van der Waals surface area contributed by atoms with Gasteiger partial charge in [0.25, 0.3) is 0 Å². The van der Waals surface area contributed by atoms with Gasteiger partial charge in [0, 0.05) is 39.1 Å². The lowest BCUT2D eigenvalue weighted by Crippen LogP contribution is -2.36. The van der Waals surface area contributed by atoms with E-state index >= 15 is 0 Å². The topological polar surface area (TPSA) is 103 Å². The van der Waals surface area contributed by atoms with E-state index in [-0.39, 0.29) is 12.1 Å². The molecule has 0 aromatic carbocycles. The van der Waals surface area contributed by atoms with Gasteiger partial charge in [0.1, 0.15) is 5.65 Å². The normalized spacial score (nSPS) is 18.5. The van der Waals surface area contributed by atoms with Gasteiger partial charge in [-0.25, -0.2) is 9.78 Å². The highest BCUT2D eigenvalue weighted by atomic mass is 79.9. The Morgan fingerprint density at radius 1 is 1.64 bits per heavy atom. The maximum Gasteiger partial charge on any atom is 0.404 e. The molecule has 2 atom stereocenters. The first-order chi connectivity index (χ1) is 12.0. The molecular weight excluding hydrogens is 390 g/mol. The third-order valence-corrected chi connectivity index (χ3v) is 5.02. The van der Waals surface area contributed by atoms with Crippen LogP contribution in [-0.4, -0.2) is 60.1 Å². The summed E-state index contributed by atoms with van der Waals surface area (Å²) in [5, 5.41) is 15.9. The minimum absolute atomic E-state index is 0.0727. The van der Waals surface area contributed by atoms with E-state index in [4.69, 9.17) is 9.84 Å². The Bertz CT molecular complexity index is 766. The summed E-state index contributed by atoms with van der Waals surface area (Å²) in [7, 11) is 1.69. The largest absolute Gasteiger partial charge is 0.465 e. The predicted molar refractivity (Wildman–Crippen MR) is 101 cm³/mol. The number of pyridine rings is 1. The molecule has 1 saturated heterocycles. The highest BCUT2D eigenvalue weighted by Gasteiger charge is 2.28. The molecular formula is C16H22BrN5O3. The van der Waals surface area contributed by atoms with Crippen LogP contribution in [0.2, 0.25) is 0 Å². The highest BCUT2D eigenvalue weighted by molar-refractivity contribution is 9.10. The van der Waals surface area contributed by atoms with Crippen molar-refractivity contribution >= 4 is 44.4 Å². The Hall–Kier alpha value is -2.00. The van der Waals surface area contributed by atoms with Crippen molar-refractivity contribution < 1.29 is 14.6 Å². The number of halogens is 1. The number of rotatable bonds is 6. The Morgan fingerprint density at radius 3 is 3.16 bits per heavy atom. The molecule has 25 heavy (non-hydrogen) atoms. The lowest BCUT2D eigenvalue weighted by atomic mass is 10.2. The average Bonchev–Trinajstić information content (AvgIpc) is 3.19. The van der Waals surface area contributed by atoms with E-state index < -0.39 is 6.09 Å². The van der Waals surface area contributed by atoms with Gasteiger partial charge < -0.3 is 30.4 Å². The average molecular weight is 412 g/mol. The molecule has 1 amide bonds. The van der Waals surface area contributed by atoms with Crippen LogP contribution in [0.3, 0.4) is 0 Å². The van der Waals surface area contributed by atoms with E-state index in [1.165, 1.54) is 0 Å². The summed E-state index contributed by atoms with van der Waals surface area (Å²) in [5.74, 6) is 0. The summed E-state index contributed by atoms with van der Waals surface area (Å²) in [4.78, 5) is 20.7.